The molecule has 2 aromatic rings. The molecule has 0 bridgehead atoms. The van der Waals surface area contributed by atoms with Crippen molar-refractivity contribution in [2.75, 3.05) is 26.2 Å². The molecule has 0 radical (unpaired) electrons. The van der Waals surface area contributed by atoms with Crippen LogP contribution in [0.1, 0.15) is 28.2 Å². The molecule has 7 heteroatoms. The van der Waals surface area contributed by atoms with Crippen LogP contribution in [0.15, 0.2) is 30.6 Å². The summed E-state index contributed by atoms with van der Waals surface area (Å²) in [6.45, 7) is 2.30. The molecule has 0 aromatic carbocycles. The van der Waals surface area contributed by atoms with E-state index in [1.54, 1.807) is 23.2 Å². The second kappa shape index (κ2) is 6.66. The quantitative estimate of drug-likeness (QED) is 0.881. The molecule has 2 aromatic heterocycles. The summed E-state index contributed by atoms with van der Waals surface area (Å²) < 4.78 is 0. The van der Waals surface area contributed by atoms with Crippen LogP contribution in [0.3, 0.4) is 0 Å². The summed E-state index contributed by atoms with van der Waals surface area (Å²) >= 11 is 0. The highest BCUT2D eigenvalue weighted by Crippen LogP contribution is 2.25. The number of aromatic amines is 1. The molecule has 0 spiro atoms. The molecule has 3 heterocycles. The first-order chi connectivity index (χ1) is 12.2. The zero-order valence-electron chi connectivity index (χ0n) is 14.0. The van der Waals surface area contributed by atoms with Crippen molar-refractivity contribution in [3.63, 3.8) is 0 Å². The van der Waals surface area contributed by atoms with Gasteiger partial charge in [-0.15, -0.1) is 0 Å². The monoisotopic (exact) mass is 339 g/mol. The number of hydrogen-bond donors (Lipinski definition) is 1. The van der Waals surface area contributed by atoms with Crippen molar-refractivity contribution in [3.8, 4) is 0 Å². The van der Waals surface area contributed by atoms with Crippen molar-refractivity contribution >= 4 is 11.8 Å². The van der Waals surface area contributed by atoms with Gasteiger partial charge in [0.15, 0.2) is 0 Å². The number of nitrogens with zero attached hydrogens (tertiary/aromatic N) is 4. The Morgan fingerprint density at radius 1 is 1.12 bits per heavy atom. The minimum atomic E-state index is -0.0617. The number of nitrogens with one attached hydrogen (secondary N) is 1. The van der Waals surface area contributed by atoms with Gasteiger partial charge in [-0.05, 0) is 37.0 Å². The van der Waals surface area contributed by atoms with Gasteiger partial charge in [-0.3, -0.25) is 19.7 Å². The molecular weight excluding hydrogens is 318 g/mol. The molecule has 2 aliphatic rings. The minimum Gasteiger partial charge on any atom is -0.339 e. The number of amides is 2. The summed E-state index contributed by atoms with van der Waals surface area (Å²) in [6.07, 6.45) is 5.96. The third-order valence-electron chi connectivity index (χ3n) is 5.13. The van der Waals surface area contributed by atoms with Crippen LogP contribution in [0, 0.1) is 5.92 Å². The topological polar surface area (TPSA) is 82.2 Å². The maximum atomic E-state index is 12.8. The lowest BCUT2D eigenvalue weighted by Gasteiger charge is -2.37. The summed E-state index contributed by atoms with van der Waals surface area (Å²) in [5.41, 5.74) is 2.78. The molecule has 25 heavy (non-hydrogen) atoms. The van der Waals surface area contributed by atoms with E-state index < -0.39 is 0 Å². The molecule has 1 fully saturated rings. The zero-order chi connectivity index (χ0) is 17.2. The molecule has 1 saturated heterocycles. The second-order valence-electron chi connectivity index (χ2n) is 6.65. The fraction of sp³-hybridized carbons (Fsp3) is 0.444. The Kier molecular flexibility index (Phi) is 4.21. The summed E-state index contributed by atoms with van der Waals surface area (Å²) in [6, 6.07) is 5.33. The van der Waals surface area contributed by atoms with Gasteiger partial charge < -0.3 is 9.80 Å². The van der Waals surface area contributed by atoms with E-state index in [0.717, 1.165) is 30.5 Å². The number of aromatic nitrogens is 3. The maximum absolute atomic E-state index is 12.8. The number of H-pyrrole nitrogens is 1. The van der Waals surface area contributed by atoms with Gasteiger partial charge in [0.2, 0.25) is 5.91 Å². The molecular formula is C18H21N5O2. The summed E-state index contributed by atoms with van der Waals surface area (Å²) in [7, 11) is 0. The highest BCUT2D eigenvalue weighted by atomic mass is 16.2. The fourth-order valence-electron chi connectivity index (χ4n) is 3.67. The van der Waals surface area contributed by atoms with Gasteiger partial charge in [-0.1, -0.05) is 6.07 Å². The lowest BCUT2D eigenvalue weighted by Crippen LogP contribution is -2.52. The van der Waals surface area contributed by atoms with E-state index in [2.05, 4.69) is 15.2 Å². The highest BCUT2D eigenvalue weighted by molar-refractivity contribution is 5.92. The van der Waals surface area contributed by atoms with Crippen molar-refractivity contribution in [2.45, 2.75) is 19.3 Å². The standard InChI is InChI=1S/C18H21N5O2/c24-17(13-4-5-15-14(11-13)12-20-21-15)22-7-9-23(10-8-22)18(25)16-3-1-2-6-19-16/h1-3,6,12-13H,4-5,7-11H2,(H,20,21). The largest absolute Gasteiger partial charge is 0.339 e. The number of rotatable bonds is 2. The molecule has 1 N–H and O–H groups in total. The van der Waals surface area contributed by atoms with E-state index in [9.17, 15) is 9.59 Å². The van der Waals surface area contributed by atoms with Gasteiger partial charge in [0.25, 0.3) is 5.91 Å². The van der Waals surface area contributed by atoms with Crippen LogP contribution in [-0.2, 0) is 17.6 Å². The van der Waals surface area contributed by atoms with Crippen LogP contribution in [-0.4, -0.2) is 63.0 Å². The second-order valence-corrected chi connectivity index (χ2v) is 6.65. The van der Waals surface area contributed by atoms with E-state index in [1.807, 2.05) is 17.2 Å². The first kappa shape index (κ1) is 15.8. The lowest BCUT2D eigenvalue weighted by atomic mass is 9.87. The predicted molar refractivity (Wildman–Crippen MR) is 90.8 cm³/mol. The molecule has 1 unspecified atom stereocenters. The van der Waals surface area contributed by atoms with Gasteiger partial charge in [-0.25, -0.2) is 0 Å². The summed E-state index contributed by atoms with van der Waals surface area (Å²) in [5, 5.41) is 7.07. The highest BCUT2D eigenvalue weighted by Gasteiger charge is 2.32. The number of fused-ring (bicyclic) bond motifs is 1. The van der Waals surface area contributed by atoms with Gasteiger partial charge in [-0.2, -0.15) is 5.10 Å². The van der Waals surface area contributed by atoms with Crippen molar-refractivity contribution in [1.82, 2.24) is 25.0 Å². The van der Waals surface area contributed by atoms with Crippen LogP contribution >= 0.6 is 0 Å². The van der Waals surface area contributed by atoms with Crippen LogP contribution < -0.4 is 0 Å². The molecule has 7 nitrogen and oxygen atoms in total. The van der Waals surface area contributed by atoms with E-state index in [0.29, 0.717) is 31.9 Å². The predicted octanol–water partition coefficient (Wildman–Crippen LogP) is 0.894. The van der Waals surface area contributed by atoms with Crippen molar-refractivity contribution in [2.24, 2.45) is 5.92 Å². The number of aryl methyl sites for hydroxylation is 1. The van der Waals surface area contributed by atoms with Gasteiger partial charge >= 0.3 is 0 Å². The SMILES string of the molecule is O=C(c1ccccn1)N1CCN(C(=O)C2CCc3[nH]ncc3C2)CC1. The van der Waals surface area contributed by atoms with E-state index in [4.69, 9.17) is 0 Å². The number of pyridine rings is 1. The molecule has 0 saturated carbocycles. The van der Waals surface area contributed by atoms with Crippen molar-refractivity contribution in [1.29, 1.82) is 0 Å². The Labute approximate surface area is 146 Å². The number of carbonyl (C=O) groups excluding carboxylic acids is 2. The molecule has 1 atom stereocenters. The number of carbonyl (C=O) groups is 2. The van der Waals surface area contributed by atoms with Crippen LogP contribution in [0.25, 0.3) is 0 Å². The minimum absolute atomic E-state index is 0.0307. The Morgan fingerprint density at radius 2 is 1.92 bits per heavy atom. The summed E-state index contributed by atoms with van der Waals surface area (Å²) in [4.78, 5) is 33.0. The average Bonchev–Trinajstić information content (AvgIpc) is 3.15. The Balaban J connectivity index is 1.34. The van der Waals surface area contributed by atoms with Gasteiger partial charge in [0, 0.05) is 44.0 Å². The summed E-state index contributed by atoms with van der Waals surface area (Å²) in [5.74, 6) is 0.174. The maximum Gasteiger partial charge on any atom is 0.272 e. The van der Waals surface area contributed by atoms with E-state index in [1.165, 1.54) is 0 Å². The van der Waals surface area contributed by atoms with Crippen LogP contribution in [0.4, 0.5) is 0 Å². The van der Waals surface area contributed by atoms with Gasteiger partial charge in [0.1, 0.15) is 5.69 Å². The fourth-order valence-corrected chi connectivity index (χ4v) is 3.67. The van der Waals surface area contributed by atoms with Crippen molar-refractivity contribution in [3.05, 3.63) is 47.5 Å². The molecule has 1 aliphatic heterocycles. The number of hydrogen-bond acceptors (Lipinski definition) is 4. The first-order valence-electron chi connectivity index (χ1n) is 8.72. The van der Waals surface area contributed by atoms with Gasteiger partial charge in [0.05, 0.1) is 6.20 Å². The smallest absolute Gasteiger partial charge is 0.272 e. The van der Waals surface area contributed by atoms with E-state index in [-0.39, 0.29) is 17.7 Å². The van der Waals surface area contributed by atoms with Crippen LogP contribution in [0.5, 0.6) is 0 Å². The van der Waals surface area contributed by atoms with Crippen molar-refractivity contribution < 1.29 is 9.59 Å². The lowest BCUT2D eigenvalue weighted by molar-refractivity contribution is -0.137. The Morgan fingerprint density at radius 3 is 2.68 bits per heavy atom. The normalized spacial score (nSPS) is 20.2. The van der Waals surface area contributed by atoms with E-state index >= 15 is 0 Å². The molecule has 2 amide bonds. The molecule has 1 aliphatic carbocycles. The first-order valence-corrected chi connectivity index (χ1v) is 8.72. The number of piperazine rings is 1. The third kappa shape index (κ3) is 3.14. The Hall–Kier alpha value is -2.70. The molecule has 130 valence electrons. The van der Waals surface area contributed by atoms with Crippen LogP contribution in [0.2, 0.25) is 0 Å². The third-order valence-corrected chi connectivity index (χ3v) is 5.13. The zero-order valence-corrected chi connectivity index (χ0v) is 14.0. The molecule has 4 rings (SSSR count). The average molecular weight is 339 g/mol. The Bertz CT molecular complexity index is 765.